The van der Waals surface area contributed by atoms with Crippen molar-refractivity contribution >= 4 is 36.0 Å². The Balaban J connectivity index is 0.00000300. The Morgan fingerprint density at radius 2 is 1.86 bits per heavy atom. The van der Waals surface area contributed by atoms with Gasteiger partial charge in [-0.2, -0.15) is 0 Å². The SMILES string of the molecule is CCOC(=O)N1CCC(NC(=NC)NC2CC2c2ccc(C(C)C)cc2)CC1.I. The van der Waals surface area contributed by atoms with Gasteiger partial charge in [0.05, 0.1) is 6.61 Å². The molecule has 0 radical (unpaired) electrons. The first kappa shape index (κ1) is 23.8. The van der Waals surface area contributed by atoms with Crippen molar-refractivity contribution in [2.45, 2.75) is 64.0 Å². The van der Waals surface area contributed by atoms with Crippen LogP contribution in [0.1, 0.15) is 63.0 Å². The van der Waals surface area contributed by atoms with E-state index in [1.165, 1.54) is 11.1 Å². The monoisotopic (exact) mass is 514 g/mol. The van der Waals surface area contributed by atoms with Crippen molar-refractivity contribution in [3.05, 3.63) is 35.4 Å². The Labute approximate surface area is 191 Å². The number of nitrogens with zero attached hydrogens (tertiary/aromatic N) is 2. The lowest BCUT2D eigenvalue weighted by atomic mass is 10.0. The molecule has 2 unspecified atom stereocenters. The van der Waals surface area contributed by atoms with Gasteiger partial charge in [0.2, 0.25) is 0 Å². The standard InChI is InChI=1S/C22H34N4O2.HI/c1-5-28-22(27)26-12-10-18(11-13-26)24-21(23-4)25-20-14-19(20)17-8-6-16(7-9-17)15(2)3;/h6-9,15,18-20H,5,10-14H2,1-4H3,(H2,23,24,25);1H. The summed E-state index contributed by atoms with van der Waals surface area (Å²) < 4.78 is 5.08. The molecule has 162 valence electrons. The summed E-state index contributed by atoms with van der Waals surface area (Å²) in [5.74, 6) is 1.99. The zero-order valence-corrected chi connectivity index (χ0v) is 20.3. The molecule has 1 saturated carbocycles. The van der Waals surface area contributed by atoms with Crippen LogP contribution in [0.3, 0.4) is 0 Å². The molecule has 0 spiro atoms. The van der Waals surface area contributed by atoms with Crippen LogP contribution in [0.4, 0.5) is 4.79 Å². The van der Waals surface area contributed by atoms with Gasteiger partial charge in [-0.1, -0.05) is 38.1 Å². The van der Waals surface area contributed by atoms with Crippen molar-refractivity contribution in [2.75, 3.05) is 26.7 Å². The molecule has 1 aromatic carbocycles. The van der Waals surface area contributed by atoms with Crippen molar-refractivity contribution in [2.24, 2.45) is 4.99 Å². The smallest absolute Gasteiger partial charge is 0.409 e. The first-order valence-electron chi connectivity index (χ1n) is 10.5. The molecule has 2 N–H and O–H groups in total. The summed E-state index contributed by atoms with van der Waals surface area (Å²) >= 11 is 0. The number of amides is 1. The van der Waals surface area contributed by atoms with E-state index >= 15 is 0 Å². The van der Waals surface area contributed by atoms with Crippen LogP contribution in [0.25, 0.3) is 0 Å². The predicted molar refractivity (Wildman–Crippen MR) is 128 cm³/mol. The van der Waals surface area contributed by atoms with E-state index in [0.29, 0.717) is 30.5 Å². The summed E-state index contributed by atoms with van der Waals surface area (Å²) in [7, 11) is 1.82. The van der Waals surface area contributed by atoms with E-state index in [-0.39, 0.29) is 30.1 Å². The molecule has 0 aromatic heterocycles. The average molecular weight is 514 g/mol. The molecule has 1 aliphatic heterocycles. The molecular formula is C22H35IN4O2. The van der Waals surface area contributed by atoms with Gasteiger partial charge in [0.25, 0.3) is 0 Å². The number of benzene rings is 1. The number of ether oxygens (including phenoxy) is 1. The Morgan fingerprint density at radius 3 is 2.41 bits per heavy atom. The predicted octanol–water partition coefficient (Wildman–Crippen LogP) is 4.07. The number of hydrogen-bond acceptors (Lipinski definition) is 3. The lowest BCUT2D eigenvalue weighted by Crippen LogP contribution is -2.50. The fourth-order valence-electron chi connectivity index (χ4n) is 3.81. The Morgan fingerprint density at radius 1 is 1.21 bits per heavy atom. The van der Waals surface area contributed by atoms with Crippen LogP contribution >= 0.6 is 24.0 Å². The highest BCUT2D eigenvalue weighted by molar-refractivity contribution is 14.0. The van der Waals surface area contributed by atoms with Crippen LogP contribution < -0.4 is 10.6 Å². The second-order valence-corrected chi connectivity index (χ2v) is 8.09. The van der Waals surface area contributed by atoms with E-state index in [4.69, 9.17) is 4.74 Å². The Bertz CT molecular complexity index is 685. The van der Waals surface area contributed by atoms with Crippen LogP contribution in [0.5, 0.6) is 0 Å². The van der Waals surface area contributed by atoms with Gasteiger partial charge in [-0.3, -0.25) is 4.99 Å². The Hall–Kier alpha value is -1.51. The number of hydrogen-bond donors (Lipinski definition) is 2. The number of rotatable bonds is 5. The van der Waals surface area contributed by atoms with Crippen LogP contribution in [0.2, 0.25) is 0 Å². The largest absolute Gasteiger partial charge is 0.450 e. The molecule has 1 heterocycles. The van der Waals surface area contributed by atoms with Gasteiger partial charge in [0.1, 0.15) is 0 Å². The normalized spacial score (nSPS) is 22.1. The highest BCUT2D eigenvalue weighted by Gasteiger charge is 2.39. The summed E-state index contributed by atoms with van der Waals surface area (Å²) in [5, 5.41) is 7.09. The third-order valence-corrected chi connectivity index (χ3v) is 5.73. The highest BCUT2D eigenvalue weighted by Crippen LogP contribution is 2.41. The van der Waals surface area contributed by atoms with E-state index in [1.54, 1.807) is 4.90 Å². The second kappa shape index (κ2) is 11.0. The molecule has 1 amide bonds. The minimum absolute atomic E-state index is 0. The number of nitrogens with one attached hydrogen (secondary N) is 2. The number of piperidine rings is 1. The van der Waals surface area contributed by atoms with Crippen molar-refractivity contribution in [1.29, 1.82) is 0 Å². The number of likely N-dealkylation sites (tertiary alicyclic amines) is 1. The Kier molecular flexibility index (Phi) is 9.04. The van der Waals surface area contributed by atoms with Gasteiger partial charge in [0, 0.05) is 38.1 Å². The molecule has 3 rings (SSSR count). The van der Waals surface area contributed by atoms with Gasteiger partial charge in [0.15, 0.2) is 5.96 Å². The van der Waals surface area contributed by atoms with Gasteiger partial charge in [-0.25, -0.2) is 4.79 Å². The number of halogens is 1. The maximum Gasteiger partial charge on any atom is 0.409 e. The summed E-state index contributed by atoms with van der Waals surface area (Å²) in [5.41, 5.74) is 2.79. The second-order valence-electron chi connectivity index (χ2n) is 8.09. The third kappa shape index (κ3) is 6.49. The van der Waals surface area contributed by atoms with Crippen LogP contribution in [0, 0.1) is 0 Å². The lowest BCUT2D eigenvalue weighted by molar-refractivity contribution is 0.0963. The van der Waals surface area contributed by atoms with Gasteiger partial charge < -0.3 is 20.3 Å². The minimum atomic E-state index is -0.201. The van der Waals surface area contributed by atoms with Crippen molar-refractivity contribution in [3.63, 3.8) is 0 Å². The molecule has 2 atom stereocenters. The molecular weight excluding hydrogens is 479 g/mol. The molecule has 2 aliphatic rings. The fourth-order valence-corrected chi connectivity index (χ4v) is 3.81. The molecule has 29 heavy (non-hydrogen) atoms. The zero-order valence-electron chi connectivity index (χ0n) is 18.0. The zero-order chi connectivity index (χ0) is 20.1. The van der Waals surface area contributed by atoms with E-state index in [1.807, 2.05) is 14.0 Å². The molecule has 1 saturated heterocycles. The quantitative estimate of drug-likeness (QED) is 0.353. The minimum Gasteiger partial charge on any atom is -0.450 e. The van der Waals surface area contributed by atoms with Crippen molar-refractivity contribution < 1.29 is 9.53 Å². The van der Waals surface area contributed by atoms with Gasteiger partial charge in [-0.15, -0.1) is 24.0 Å². The summed E-state index contributed by atoms with van der Waals surface area (Å²) in [6.45, 7) is 8.16. The summed E-state index contributed by atoms with van der Waals surface area (Å²) in [4.78, 5) is 18.0. The lowest BCUT2D eigenvalue weighted by Gasteiger charge is -2.32. The molecule has 2 fully saturated rings. The van der Waals surface area contributed by atoms with Crippen LogP contribution in [0.15, 0.2) is 29.3 Å². The number of carbonyl (C=O) groups excluding carboxylic acids is 1. The molecule has 1 aliphatic carbocycles. The van der Waals surface area contributed by atoms with Crippen LogP contribution in [-0.4, -0.2) is 55.8 Å². The van der Waals surface area contributed by atoms with Gasteiger partial charge >= 0.3 is 6.09 Å². The average Bonchev–Trinajstić information content (AvgIpc) is 3.47. The summed E-state index contributed by atoms with van der Waals surface area (Å²) in [6.07, 6.45) is 2.75. The first-order chi connectivity index (χ1) is 13.5. The van der Waals surface area contributed by atoms with Crippen molar-refractivity contribution in [1.82, 2.24) is 15.5 Å². The number of carbonyl (C=O) groups is 1. The van der Waals surface area contributed by atoms with E-state index < -0.39 is 0 Å². The molecule has 0 bridgehead atoms. The third-order valence-electron chi connectivity index (χ3n) is 5.73. The van der Waals surface area contributed by atoms with Crippen molar-refractivity contribution in [3.8, 4) is 0 Å². The van der Waals surface area contributed by atoms with Gasteiger partial charge in [-0.05, 0) is 43.2 Å². The number of aliphatic imine (C=N–C) groups is 1. The highest BCUT2D eigenvalue weighted by atomic mass is 127. The molecule has 1 aromatic rings. The fraction of sp³-hybridized carbons (Fsp3) is 0.636. The number of guanidine groups is 1. The van der Waals surface area contributed by atoms with E-state index in [0.717, 1.165) is 38.3 Å². The topological polar surface area (TPSA) is 66.0 Å². The first-order valence-corrected chi connectivity index (χ1v) is 10.5. The van der Waals surface area contributed by atoms with E-state index in [9.17, 15) is 4.79 Å². The summed E-state index contributed by atoms with van der Waals surface area (Å²) in [6, 6.07) is 9.81. The molecule has 6 nitrogen and oxygen atoms in total. The maximum atomic E-state index is 11.8. The molecule has 7 heteroatoms. The van der Waals surface area contributed by atoms with E-state index in [2.05, 4.69) is 53.7 Å². The maximum absolute atomic E-state index is 11.8. The van der Waals surface area contributed by atoms with Crippen LogP contribution in [-0.2, 0) is 4.74 Å².